The van der Waals surface area contributed by atoms with Crippen LogP contribution in [0.15, 0.2) is 18.2 Å². The van der Waals surface area contributed by atoms with Crippen molar-refractivity contribution < 1.29 is 27.8 Å². The Labute approximate surface area is 118 Å². The molecule has 0 fully saturated rings. The second kappa shape index (κ2) is 6.60. The lowest BCUT2D eigenvalue weighted by atomic mass is 10.2. The number of aromatic carboxylic acids is 1. The van der Waals surface area contributed by atoms with Crippen LogP contribution < -0.4 is 9.47 Å². The van der Waals surface area contributed by atoms with Crippen molar-refractivity contribution in [2.45, 2.75) is 19.1 Å². The van der Waals surface area contributed by atoms with Crippen LogP contribution in [0.2, 0.25) is 0 Å². The summed E-state index contributed by atoms with van der Waals surface area (Å²) < 4.78 is 33.7. The van der Waals surface area contributed by atoms with E-state index in [-0.39, 0.29) is 23.7 Å². The van der Waals surface area contributed by atoms with Gasteiger partial charge in [-0.1, -0.05) is 0 Å². The molecule has 1 rings (SSSR count). The molecule has 0 saturated heterocycles. The van der Waals surface area contributed by atoms with Gasteiger partial charge < -0.3 is 14.6 Å². The van der Waals surface area contributed by atoms with Crippen LogP contribution in [-0.4, -0.2) is 44.2 Å². The largest absolute Gasteiger partial charge is 0.493 e. The molecule has 0 amide bonds. The number of hydrogen-bond acceptors (Lipinski definition) is 5. The van der Waals surface area contributed by atoms with E-state index in [1.807, 2.05) is 0 Å². The second-order valence-electron chi connectivity index (χ2n) is 4.43. The Morgan fingerprint density at radius 3 is 2.45 bits per heavy atom. The first kappa shape index (κ1) is 16.3. The number of hydrogen-bond donors (Lipinski definition) is 1. The number of rotatable bonds is 7. The number of ether oxygens (including phenoxy) is 2. The van der Waals surface area contributed by atoms with Crippen molar-refractivity contribution in [2.24, 2.45) is 0 Å². The predicted molar refractivity (Wildman–Crippen MR) is 74.4 cm³/mol. The molecule has 112 valence electrons. The molecule has 6 nitrogen and oxygen atoms in total. The smallest absolute Gasteiger partial charge is 0.335 e. The van der Waals surface area contributed by atoms with E-state index in [1.54, 1.807) is 13.8 Å². The van der Waals surface area contributed by atoms with E-state index < -0.39 is 21.1 Å². The van der Waals surface area contributed by atoms with E-state index >= 15 is 0 Å². The SMILES string of the molecule is COc1ccc(C(=O)O)cc1OCCS(=O)(=O)C(C)C. The van der Waals surface area contributed by atoms with Gasteiger partial charge in [0.1, 0.15) is 6.61 Å². The Hall–Kier alpha value is -1.76. The summed E-state index contributed by atoms with van der Waals surface area (Å²) >= 11 is 0. The molecule has 0 aliphatic rings. The average Bonchev–Trinajstić information content (AvgIpc) is 2.38. The summed E-state index contributed by atoms with van der Waals surface area (Å²) in [6, 6.07) is 4.16. The molecule has 0 heterocycles. The number of carboxylic acids is 1. The standard InChI is InChI=1S/C13H18O6S/c1-9(2)20(16,17)7-6-19-12-8-10(13(14)15)4-5-11(12)18-3/h4-5,8-9H,6-7H2,1-3H3,(H,14,15). The van der Waals surface area contributed by atoms with Crippen LogP contribution in [-0.2, 0) is 9.84 Å². The van der Waals surface area contributed by atoms with Gasteiger partial charge in [-0.05, 0) is 32.0 Å². The van der Waals surface area contributed by atoms with E-state index in [2.05, 4.69) is 0 Å². The van der Waals surface area contributed by atoms with Gasteiger partial charge in [-0.2, -0.15) is 0 Å². The number of sulfone groups is 1. The monoisotopic (exact) mass is 302 g/mol. The second-order valence-corrected chi connectivity index (χ2v) is 7.11. The Balaban J connectivity index is 2.81. The molecule has 0 atom stereocenters. The third-order valence-electron chi connectivity index (χ3n) is 2.75. The van der Waals surface area contributed by atoms with Crippen LogP contribution in [0.25, 0.3) is 0 Å². The molecule has 0 aliphatic carbocycles. The highest BCUT2D eigenvalue weighted by Gasteiger charge is 2.17. The van der Waals surface area contributed by atoms with Gasteiger partial charge in [0.2, 0.25) is 0 Å². The summed E-state index contributed by atoms with van der Waals surface area (Å²) in [5.74, 6) is -0.652. The molecule has 0 saturated carbocycles. The molecule has 1 N–H and O–H groups in total. The van der Waals surface area contributed by atoms with Gasteiger partial charge in [-0.25, -0.2) is 13.2 Å². The number of carbonyl (C=O) groups is 1. The van der Waals surface area contributed by atoms with E-state index in [0.29, 0.717) is 5.75 Å². The Bertz CT molecular complexity index is 577. The fourth-order valence-corrected chi connectivity index (χ4v) is 2.21. The van der Waals surface area contributed by atoms with Gasteiger partial charge in [0, 0.05) is 0 Å². The van der Waals surface area contributed by atoms with Crippen molar-refractivity contribution in [1.82, 2.24) is 0 Å². The first-order valence-corrected chi connectivity index (χ1v) is 7.75. The Kier molecular flexibility index (Phi) is 5.38. The van der Waals surface area contributed by atoms with E-state index in [4.69, 9.17) is 14.6 Å². The van der Waals surface area contributed by atoms with Gasteiger partial charge in [-0.3, -0.25) is 0 Å². The zero-order chi connectivity index (χ0) is 15.3. The lowest BCUT2D eigenvalue weighted by Crippen LogP contribution is -2.22. The van der Waals surface area contributed by atoms with E-state index in [9.17, 15) is 13.2 Å². The number of benzene rings is 1. The Morgan fingerprint density at radius 2 is 1.95 bits per heavy atom. The number of carboxylic acid groups (broad SMARTS) is 1. The third-order valence-corrected chi connectivity index (χ3v) is 4.93. The van der Waals surface area contributed by atoms with E-state index in [0.717, 1.165) is 0 Å². The van der Waals surface area contributed by atoms with Crippen molar-refractivity contribution in [3.05, 3.63) is 23.8 Å². The van der Waals surface area contributed by atoms with Crippen molar-refractivity contribution >= 4 is 15.8 Å². The highest BCUT2D eigenvalue weighted by molar-refractivity contribution is 7.91. The van der Waals surface area contributed by atoms with Crippen LogP contribution in [0.5, 0.6) is 11.5 Å². The molecule has 0 unspecified atom stereocenters. The first-order chi connectivity index (χ1) is 9.27. The van der Waals surface area contributed by atoms with Crippen molar-refractivity contribution in [3.8, 4) is 11.5 Å². The van der Waals surface area contributed by atoms with Crippen LogP contribution >= 0.6 is 0 Å². The van der Waals surface area contributed by atoms with E-state index in [1.165, 1.54) is 25.3 Å². The summed E-state index contributed by atoms with van der Waals surface area (Å²) in [5.41, 5.74) is 0.0486. The molecular formula is C13H18O6S. The minimum Gasteiger partial charge on any atom is -0.493 e. The molecule has 7 heteroatoms. The summed E-state index contributed by atoms with van der Waals surface area (Å²) in [7, 11) is -1.77. The summed E-state index contributed by atoms with van der Waals surface area (Å²) in [6.07, 6.45) is 0. The van der Waals surface area contributed by atoms with Gasteiger partial charge in [0.25, 0.3) is 0 Å². The minimum absolute atomic E-state index is 0.0486. The fourth-order valence-electron chi connectivity index (χ4n) is 1.43. The summed E-state index contributed by atoms with van der Waals surface area (Å²) in [5, 5.41) is 8.43. The van der Waals surface area contributed by atoms with Crippen LogP contribution in [0.3, 0.4) is 0 Å². The molecule has 1 aromatic carbocycles. The highest BCUT2D eigenvalue weighted by atomic mass is 32.2. The summed E-state index contributed by atoms with van der Waals surface area (Å²) in [4.78, 5) is 10.9. The third kappa shape index (κ3) is 4.12. The molecule has 0 aromatic heterocycles. The minimum atomic E-state index is -3.20. The molecular weight excluding hydrogens is 284 g/mol. The van der Waals surface area contributed by atoms with Gasteiger partial charge in [0.15, 0.2) is 21.3 Å². The van der Waals surface area contributed by atoms with Crippen LogP contribution in [0.1, 0.15) is 24.2 Å². The molecule has 0 bridgehead atoms. The zero-order valence-corrected chi connectivity index (χ0v) is 12.4. The maximum absolute atomic E-state index is 11.6. The average molecular weight is 302 g/mol. The Morgan fingerprint density at radius 1 is 1.30 bits per heavy atom. The number of methoxy groups -OCH3 is 1. The van der Waals surface area contributed by atoms with Gasteiger partial charge in [-0.15, -0.1) is 0 Å². The molecule has 0 spiro atoms. The normalized spacial score (nSPS) is 11.4. The lowest BCUT2D eigenvalue weighted by molar-refractivity contribution is 0.0696. The molecule has 0 aliphatic heterocycles. The fraction of sp³-hybridized carbons (Fsp3) is 0.462. The van der Waals surface area contributed by atoms with Crippen LogP contribution in [0.4, 0.5) is 0 Å². The predicted octanol–water partition coefficient (Wildman–Crippen LogP) is 1.60. The van der Waals surface area contributed by atoms with Crippen LogP contribution in [0, 0.1) is 0 Å². The molecule has 20 heavy (non-hydrogen) atoms. The highest BCUT2D eigenvalue weighted by Crippen LogP contribution is 2.28. The molecule has 0 radical (unpaired) electrons. The van der Waals surface area contributed by atoms with Gasteiger partial charge >= 0.3 is 5.97 Å². The zero-order valence-electron chi connectivity index (χ0n) is 11.6. The molecule has 1 aromatic rings. The van der Waals surface area contributed by atoms with Crippen molar-refractivity contribution in [2.75, 3.05) is 19.5 Å². The maximum atomic E-state index is 11.6. The maximum Gasteiger partial charge on any atom is 0.335 e. The first-order valence-electron chi connectivity index (χ1n) is 6.03. The van der Waals surface area contributed by atoms with Crippen molar-refractivity contribution in [3.63, 3.8) is 0 Å². The van der Waals surface area contributed by atoms with Crippen molar-refractivity contribution in [1.29, 1.82) is 0 Å². The lowest BCUT2D eigenvalue weighted by Gasteiger charge is -2.12. The summed E-state index contributed by atoms with van der Waals surface area (Å²) in [6.45, 7) is 3.14. The quantitative estimate of drug-likeness (QED) is 0.822. The topological polar surface area (TPSA) is 89.9 Å². The van der Waals surface area contributed by atoms with Gasteiger partial charge in [0.05, 0.1) is 23.7 Å².